The first kappa shape index (κ1) is 15.1. The highest BCUT2D eigenvalue weighted by Gasteiger charge is 2.08. The van der Waals surface area contributed by atoms with Gasteiger partial charge in [0.1, 0.15) is 0 Å². The molecule has 0 atom stereocenters. The molecule has 1 N–H and O–H groups in total. The Morgan fingerprint density at radius 2 is 2.04 bits per heavy atom. The van der Waals surface area contributed by atoms with Crippen LogP contribution in [0.15, 0.2) is 42.9 Å². The summed E-state index contributed by atoms with van der Waals surface area (Å²) in [7, 11) is 0. The highest BCUT2D eigenvalue weighted by Crippen LogP contribution is 2.16. The molecule has 0 saturated carbocycles. The number of hydrogen-bond acceptors (Lipinski definition) is 4. The summed E-state index contributed by atoms with van der Waals surface area (Å²) in [6, 6.07) is 7.74. The largest absolute Gasteiger partial charge is 0.355 e. The molecule has 0 aliphatic carbocycles. The summed E-state index contributed by atoms with van der Waals surface area (Å²) in [5.74, 6) is 0.0625. The molecule has 3 aromatic heterocycles. The van der Waals surface area contributed by atoms with E-state index >= 15 is 0 Å². The molecule has 0 fully saturated rings. The van der Waals surface area contributed by atoms with Gasteiger partial charge in [0, 0.05) is 49.1 Å². The summed E-state index contributed by atoms with van der Waals surface area (Å²) in [6.07, 6.45) is 6.08. The van der Waals surface area contributed by atoms with Crippen molar-refractivity contribution in [2.45, 2.75) is 20.3 Å². The molecule has 0 unspecified atom stereocenters. The van der Waals surface area contributed by atoms with Crippen molar-refractivity contribution in [2.75, 3.05) is 6.54 Å². The Balaban J connectivity index is 1.73. The topological polar surface area (TPSA) is 72.2 Å². The maximum absolute atomic E-state index is 11.6. The quantitative estimate of drug-likeness (QED) is 0.783. The van der Waals surface area contributed by atoms with E-state index in [0.29, 0.717) is 13.0 Å². The molecule has 0 bridgehead atoms. The molecular weight excluding hydrogens is 290 g/mol. The van der Waals surface area contributed by atoms with E-state index in [1.54, 1.807) is 16.9 Å². The van der Waals surface area contributed by atoms with Crippen LogP contribution in [0.3, 0.4) is 0 Å². The van der Waals surface area contributed by atoms with Gasteiger partial charge >= 0.3 is 0 Å². The predicted molar refractivity (Wildman–Crippen MR) is 87.8 cm³/mol. The van der Waals surface area contributed by atoms with E-state index in [1.807, 2.05) is 44.3 Å². The second-order valence-electron chi connectivity index (χ2n) is 5.68. The van der Waals surface area contributed by atoms with Gasteiger partial charge in [-0.05, 0) is 18.2 Å². The third kappa shape index (κ3) is 3.53. The van der Waals surface area contributed by atoms with Crippen LogP contribution in [0.5, 0.6) is 0 Å². The number of carbonyl (C=O) groups excluding carboxylic acids is 1. The van der Waals surface area contributed by atoms with Crippen LogP contribution in [-0.2, 0) is 11.2 Å². The van der Waals surface area contributed by atoms with Crippen LogP contribution in [0.1, 0.15) is 19.5 Å². The van der Waals surface area contributed by atoms with Crippen LogP contribution in [0.4, 0.5) is 0 Å². The zero-order chi connectivity index (χ0) is 16.2. The lowest BCUT2D eigenvalue weighted by Crippen LogP contribution is -2.29. The van der Waals surface area contributed by atoms with Crippen LogP contribution in [0.25, 0.3) is 16.9 Å². The average Bonchev–Trinajstić information content (AvgIpc) is 2.97. The first-order chi connectivity index (χ1) is 11.1. The molecule has 0 saturated heterocycles. The Morgan fingerprint density at radius 1 is 1.26 bits per heavy atom. The van der Waals surface area contributed by atoms with Gasteiger partial charge in [-0.3, -0.25) is 9.78 Å². The van der Waals surface area contributed by atoms with Crippen molar-refractivity contribution in [3.8, 4) is 11.3 Å². The number of amides is 1. The fourth-order valence-corrected chi connectivity index (χ4v) is 2.25. The monoisotopic (exact) mass is 309 g/mol. The van der Waals surface area contributed by atoms with Gasteiger partial charge in [-0.2, -0.15) is 5.10 Å². The third-order valence-electron chi connectivity index (χ3n) is 3.56. The zero-order valence-electron chi connectivity index (χ0n) is 13.2. The van der Waals surface area contributed by atoms with Crippen LogP contribution < -0.4 is 5.32 Å². The van der Waals surface area contributed by atoms with Gasteiger partial charge < -0.3 is 5.32 Å². The number of pyridine rings is 1. The van der Waals surface area contributed by atoms with Crippen molar-refractivity contribution in [1.29, 1.82) is 0 Å². The zero-order valence-corrected chi connectivity index (χ0v) is 13.2. The van der Waals surface area contributed by atoms with Crippen LogP contribution in [0, 0.1) is 5.92 Å². The fraction of sp³-hybridized carbons (Fsp3) is 0.294. The van der Waals surface area contributed by atoms with Crippen LogP contribution in [0.2, 0.25) is 0 Å². The molecule has 6 heteroatoms. The lowest BCUT2D eigenvalue weighted by Gasteiger charge is -2.05. The minimum Gasteiger partial charge on any atom is -0.355 e. The molecule has 0 aromatic carbocycles. The van der Waals surface area contributed by atoms with Crippen molar-refractivity contribution >= 4 is 11.6 Å². The van der Waals surface area contributed by atoms with E-state index in [4.69, 9.17) is 0 Å². The van der Waals surface area contributed by atoms with Crippen LogP contribution >= 0.6 is 0 Å². The Labute approximate surface area is 134 Å². The molecule has 3 heterocycles. The second-order valence-corrected chi connectivity index (χ2v) is 5.68. The maximum atomic E-state index is 11.6. The van der Waals surface area contributed by atoms with Crippen molar-refractivity contribution < 1.29 is 4.79 Å². The molecule has 3 aromatic rings. The third-order valence-corrected chi connectivity index (χ3v) is 3.56. The lowest BCUT2D eigenvalue weighted by atomic mass is 10.2. The van der Waals surface area contributed by atoms with Crippen molar-refractivity contribution in [3.63, 3.8) is 0 Å². The number of fused-ring (bicyclic) bond motifs is 1. The molecule has 6 nitrogen and oxygen atoms in total. The highest BCUT2D eigenvalue weighted by atomic mass is 16.1. The fourth-order valence-electron chi connectivity index (χ4n) is 2.25. The minimum atomic E-state index is 0.000607. The van der Waals surface area contributed by atoms with Gasteiger partial charge in [0.2, 0.25) is 5.91 Å². The normalized spacial score (nSPS) is 11.1. The predicted octanol–water partition coefficient (Wildman–Crippen LogP) is 2.11. The minimum absolute atomic E-state index is 0.000607. The average molecular weight is 309 g/mol. The van der Waals surface area contributed by atoms with Gasteiger partial charge in [0.25, 0.3) is 0 Å². The maximum Gasteiger partial charge on any atom is 0.222 e. The summed E-state index contributed by atoms with van der Waals surface area (Å²) < 4.78 is 1.75. The van der Waals surface area contributed by atoms with Gasteiger partial charge in [-0.15, -0.1) is 0 Å². The van der Waals surface area contributed by atoms with Crippen molar-refractivity contribution in [3.05, 3.63) is 48.5 Å². The molecule has 0 aliphatic heterocycles. The summed E-state index contributed by atoms with van der Waals surface area (Å²) in [6.45, 7) is 4.34. The van der Waals surface area contributed by atoms with E-state index < -0.39 is 0 Å². The van der Waals surface area contributed by atoms with Crippen molar-refractivity contribution in [1.82, 2.24) is 24.9 Å². The first-order valence-electron chi connectivity index (χ1n) is 7.67. The highest BCUT2D eigenvalue weighted by molar-refractivity contribution is 5.77. The summed E-state index contributed by atoms with van der Waals surface area (Å²) in [5, 5.41) is 7.38. The first-order valence-corrected chi connectivity index (χ1v) is 7.67. The Hall–Kier alpha value is -2.76. The Bertz CT molecular complexity index is 810. The van der Waals surface area contributed by atoms with E-state index in [1.165, 1.54) is 0 Å². The summed E-state index contributed by atoms with van der Waals surface area (Å²) >= 11 is 0. The SMILES string of the molecule is CC(C)C(=O)NCCc1cc2nc(-c3ccncc3)ccn2n1. The molecular formula is C17H19N5O. The van der Waals surface area contributed by atoms with E-state index in [-0.39, 0.29) is 11.8 Å². The van der Waals surface area contributed by atoms with E-state index in [2.05, 4.69) is 20.4 Å². The van der Waals surface area contributed by atoms with Gasteiger partial charge in [-0.25, -0.2) is 9.50 Å². The molecule has 23 heavy (non-hydrogen) atoms. The van der Waals surface area contributed by atoms with Gasteiger partial charge in [-0.1, -0.05) is 13.8 Å². The smallest absolute Gasteiger partial charge is 0.222 e. The number of nitrogens with one attached hydrogen (secondary N) is 1. The van der Waals surface area contributed by atoms with Gasteiger partial charge in [0.15, 0.2) is 5.65 Å². The molecule has 1 amide bonds. The number of nitrogens with zero attached hydrogens (tertiary/aromatic N) is 4. The van der Waals surface area contributed by atoms with Gasteiger partial charge in [0.05, 0.1) is 11.4 Å². The van der Waals surface area contributed by atoms with E-state index in [9.17, 15) is 4.79 Å². The molecule has 0 spiro atoms. The molecule has 0 aliphatic rings. The molecule has 118 valence electrons. The second kappa shape index (κ2) is 6.56. The Morgan fingerprint density at radius 3 is 2.78 bits per heavy atom. The van der Waals surface area contributed by atoms with E-state index in [0.717, 1.165) is 22.6 Å². The Kier molecular flexibility index (Phi) is 4.32. The number of rotatable bonds is 5. The van der Waals surface area contributed by atoms with Crippen molar-refractivity contribution in [2.24, 2.45) is 5.92 Å². The lowest BCUT2D eigenvalue weighted by molar-refractivity contribution is -0.123. The van der Waals surface area contributed by atoms with Crippen LogP contribution in [-0.4, -0.2) is 32.0 Å². The molecule has 0 radical (unpaired) electrons. The summed E-state index contributed by atoms with van der Waals surface area (Å²) in [4.78, 5) is 20.2. The standard InChI is InChI=1S/C17H19N5O/c1-12(2)17(23)19-9-5-14-11-16-20-15(6-10-22(16)21-14)13-3-7-18-8-4-13/h3-4,6-8,10-12H,5,9H2,1-2H3,(H,19,23). The molecule has 3 rings (SSSR count). The number of hydrogen-bond donors (Lipinski definition) is 1. The number of carbonyl (C=O) groups is 1. The summed E-state index contributed by atoms with van der Waals surface area (Å²) in [5.41, 5.74) is 3.62. The number of aromatic nitrogens is 4.